The Morgan fingerprint density at radius 2 is 2.21 bits per heavy atom. The monoisotopic (exact) mass is 295 g/mol. The molecule has 102 valence electrons. The summed E-state index contributed by atoms with van der Waals surface area (Å²) in [6.07, 6.45) is 0. The van der Waals surface area contributed by atoms with Gasteiger partial charge in [-0.1, -0.05) is 0 Å². The number of likely N-dealkylation sites (N-methyl/N-ethyl adjacent to an activating group) is 1. The lowest BCUT2D eigenvalue weighted by molar-refractivity contribution is 0.243. The number of hydrogen-bond acceptors (Lipinski definition) is 4. The van der Waals surface area contributed by atoms with Gasteiger partial charge in [-0.25, -0.2) is 4.79 Å². The number of carbonyl (C=O) groups is 1. The van der Waals surface area contributed by atoms with Crippen LogP contribution < -0.4 is 10.6 Å². The molecule has 2 rings (SSSR count). The second kappa shape index (κ2) is 6.70. The molecule has 0 aromatic carbocycles. The second-order valence-corrected chi connectivity index (χ2v) is 6.08. The highest BCUT2D eigenvalue weighted by molar-refractivity contribution is 7.14. The number of thiophene rings is 2. The van der Waals surface area contributed by atoms with Crippen molar-refractivity contribution in [2.75, 3.05) is 26.0 Å². The molecule has 2 amide bonds. The molecule has 2 aromatic heterocycles. The normalized spacial score (nSPS) is 12.4. The van der Waals surface area contributed by atoms with Crippen molar-refractivity contribution in [3.63, 3.8) is 0 Å². The van der Waals surface area contributed by atoms with Gasteiger partial charge in [0.1, 0.15) is 0 Å². The van der Waals surface area contributed by atoms with Crippen LogP contribution in [0.1, 0.15) is 11.6 Å². The molecule has 4 nitrogen and oxygen atoms in total. The summed E-state index contributed by atoms with van der Waals surface area (Å²) in [5.74, 6) is 0. The number of hydrogen-bond donors (Lipinski definition) is 2. The van der Waals surface area contributed by atoms with E-state index < -0.39 is 0 Å². The van der Waals surface area contributed by atoms with Crippen LogP contribution in [0.15, 0.2) is 34.3 Å². The van der Waals surface area contributed by atoms with Crippen molar-refractivity contribution in [3.8, 4) is 0 Å². The Bertz CT molecular complexity index is 494. The Morgan fingerprint density at radius 1 is 1.37 bits per heavy atom. The van der Waals surface area contributed by atoms with Crippen molar-refractivity contribution >= 4 is 33.7 Å². The highest BCUT2D eigenvalue weighted by Gasteiger charge is 2.15. The Labute approximate surface area is 121 Å². The number of urea groups is 1. The fourth-order valence-electron chi connectivity index (χ4n) is 1.76. The average Bonchev–Trinajstić information content (AvgIpc) is 3.01. The molecule has 6 heteroatoms. The quantitative estimate of drug-likeness (QED) is 0.889. The standard InChI is InChI=1S/C13H17N3OS2/c1-16(2)11(10-5-7-18-9-10)8-14-13(17)15-12-4-3-6-19-12/h3-7,9,11H,8H2,1-2H3,(H2,14,15,17)/t11-/m1/s1. The molecule has 0 spiro atoms. The molecule has 0 aliphatic rings. The summed E-state index contributed by atoms with van der Waals surface area (Å²) in [4.78, 5) is 13.9. The molecule has 19 heavy (non-hydrogen) atoms. The van der Waals surface area contributed by atoms with E-state index >= 15 is 0 Å². The van der Waals surface area contributed by atoms with Crippen molar-refractivity contribution in [1.29, 1.82) is 0 Å². The van der Waals surface area contributed by atoms with Crippen LogP contribution in [-0.4, -0.2) is 31.6 Å². The molecule has 0 radical (unpaired) electrons. The lowest BCUT2D eigenvalue weighted by atomic mass is 10.1. The molecule has 1 atom stereocenters. The summed E-state index contributed by atoms with van der Waals surface area (Å²) in [7, 11) is 4.03. The molecule has 0 bridgehead atoms. The van der Waals surface area contributed by atoms with Crippen LogP contribution in [0.2, 0.25) is 0 Å². The molecular weight excluding hydrogens is 278 g/mol. The van der Waals surface area contributed by atoms with Crippen molar-refractivity contribution in [2.24, 2.45) is 0 Å². The summed E-state index contributed by atoms with van der Waals surface area (Å²) >= 11 is 3.18. The van der Waals surface area contributed by atoms with E-state index in [1.165, 1.54) is 16.9 Å². The zero-order chi connectivity index (χ0) is 13.7. The molecule has 2 aromatic rings. The van der Waals surface area contributed by atoms with Crippen LogP contribution in [-0.2, 0) is 0 Å². The number of nitrogens with zero attached hydrogens (tertiary/aromatic N) is 1. The highest BCUT2D eigenvalue weighted by atomic mass is 32.1. The average molecular weight is 295 g/mol. The number of amides is 2. The predicted molar refractivity (Wildman–Crippen MR) is 82.1 cm³/mol. The molecule has 0 unspecified atom stereocenters. The Hall–Kier alpha value is -1.37. The smallest absolute Gasteiger partial charge is 0.319 e. The van der Waals surface area contributed by atoms with E-state index in [2.05, 4.69) is 32.4 Å². The first kappa shape index (κ1) is 14.0. The van der Waals surface area contributed by atoms with Crippen molar-refractivity contribution in [2.45, 2.75) is 6.04 Å². The van der Waals surface area contributed by atoms with Crippen LogP contribution in [0.3, 0.4) is 0 Å². The van der Waals surface area contributed by atoms with E-state index in [1.807, 2.05) is 31.6 Å². The van der Waals surface area contributed by atoms with Gasteiger partial charge in [-0.2, -0.15) is 11.3 Å². The van der Waals surface area contributed by atoms with Gasteiger partial charge in [0.2, 0.25) is 0 Å². The summed E-state index contributed by atoms with van der Waals surface area (Å²) < 4.78 is 0. The number of rotatable bonds is 5. The molecule has 0 aliphatic carbocycles. The minimum atomic E-state index is -0.162. The van der Waals surface area contributed by atoms with Gasteiger partial charge in [-0.05, 0) is 54.0 Å². The van der Waals surface area contributed by atoms with Crippen LogP contribution in [0.25, 0.3) is 0 Å². The second-order valence-electron chi connectivity index (χ2n) is 4.35. The van der Waals surface area contributed by atoms with Gasteiger partial charge in [0, 0.05) is 6.54 Å². The summed E-state index contributed by atoms with van der Waals surface area (Å²) in [6.45, 7) is 0.584. The van der Waals surface area contributed by atoms with E-state index in [-0.39, 0.29) is 12.1 Å². The van der Waals surface area contributed by atoms with E-state index in [1.54, 1.807) is 11.3 Å². The zero-order valence-corrected chi connectivity index (χ0v) is 12.6. The molecule has 2 N–H and O–H groups in total. The molecule has 2 heterocycles. The first-order chi connectivity index (χ1) is 9.16. The van der Waals surface area contributed by atoms with Crippen LogP contribution in [0.4, 0.5) is 9.80 Å². The van der Waals surface area contributed by atoms with Crippen molar-refractivity contribution < 1.29 is 4.79 Å². The van der Waals surface area contributed by atoms with Gasteiger partial charge in [0.05, 0.1) is 11.0 Å². The third kappa shape index (κ3) is 4.05. The third-order valence-corrected chi connectivity index (χ3v) is 4.25. The summed E-state index contributed by atoms with van der Waals surface area (Å²) in [5, 5.41) is 12.7. The van der Waals surface area contributed by atoms with E-state index in [9.17, 15) is 4.79 Å². The number of carbonyl (C=O) groups excluding carboxylic acids is 1. The molecular formula is C13H17N3OS2. The highest BCUT2D eigenvalue weighted by Crippen LogP contribution is 2.20. The van der Waals surface area contributed by atoms with Crippen LogP contribution >= 0.6 is 22.7 Å². The number of nitrogens with one attached hydrogen (secondary N) is 2. The molecule has 0 fully saturated rings. The van der Waals surface area contributed by atoms with Crippen LogP contribution in [0, 0.1) is 0 Å². The fourth-order valence-corrected chi connectivity index (χ4v) is 3.08. The Morgan fingerprint density at radius 3 is 2.79 bits per heavy atom. The summed E-state index contributed by atoms with van der Waals surface area (Å²) in [5.41, 5.74) is 1.23. The number of anilines is 1. The van der Waals surface area contributed by atoms with Crippen LogP contribution in [0.5, 0.6) is 0 Å². The molecule has 0 aliphatic heterocycles. The van der Waals surface area contributed by atoms with E-state index in [0.29, 0.717) is 6.54 Å². The first-order valence-electron chi connectivity index (χ1n) is 5.93. The van der Waals surface area contributed by atoms with Gasteiger partial charge in [0.25, 0.3) is 0 Å². The van der Waals surface area contributed by atoms with Gasteiger partial charge < -0.3 is 10.2 Å². The maximum absolute atomic E-state index is 11.8. The minimum absolute atomic E-state index is 0.162. The van der Waals surface area contributed by atoms with Crippen molar-refractivity contribution in [3.05, 3.63) is 39.9 Å². The minimum Gasteiger partial charge on any atom is -0.336 e. The lowest BCUT2D eigenvalue weighted by Crippen LogP contribution is -2.36. The molecule has 0 saturated carbocycles. The van der Waals surface area contributed by atoms with Gasteiger partial charge >= 0.3 is 6.03 Å². The van der Waals surface area contributed by atoms with Crippen molar-refractivity contribution in [1.82, 2.24) is 10.2 Å². The lowest BCUT2D eigenvalue weighted by Gasteiger charge is -2.23. The SMILES string of the molecule is CN(C)[C@H](CNC(=O)Nc1cccs1)c1ccsc1. The van der Waals surface area contributed by atoms with Gasteiger partial charge in [-0.3, -0.25) is 5.32 Å². The maximum atomic E-state index is 11.8. The zero-order valence-electron chi connectivity index (χ0n) is 10.9. The topological polar surface area (TPSA) is 44.4 Å². The predicted octanol–water partition coefficient (Wildman–Crippen LogP) is 3.23. The maximum Gasteiger partial charge on any atom is 0.319 e. The van der Waals surface area contributed by atoms with Gasteiger partial charge in [-0.15, -0.1) is 11.3 Å². The fraction of sp³-hybridized carbons (Fsp3) is 0.308. The largest absolute Gasteiger partial charge is 0.336 e. The Balaban J connectivity index is 1.87. The first-order valence-corrected chi connectivity index (χ1v) is 7.76. The van der Waals surface area contributed by atoms with Gasteiger partial charge in [0.15, 0.2) is 0 Å². The molecule has 0 saturated heterocycles. The van der Waals surface area contributed by atoms with E-state index in [0.717, 1.165) is 5.00 Å². The third-order valence-electron chi connectivity index (χ3n) is 2.77. The summed E-state index contributed by atoms with van der Waals surface area (Å²) in [6, 6.07) is 5.92. The van der Waals surface area contributed by atoms with E-state index in [4.69, 9.17) is 0 Å². The Kier molecular flexibility index (Phi) is 4.95.